The van der Waals surface area contributed by atoms with Crippen LogP contribution in [0, 0.1) is 11.3 Å². The molecule has 1 fully saturated rings. The molecule has 0 amide bonds. The zero-order chi connectivity index (χ0) is 14.6. The normalized spacial score (nSPS) is 23.6. The van der Waals surface area contributed by atoms with Gasteiger partial charge in [-0.05, 0) is 30.2 Å². The summed E-state index contributed by atoms with van der Waals surface area (Å²) in [7, 11) is 1.66. The first-order valence-electron chi connectivity index (χ1n) is 7.74. The summed E-state index contributed by atoms with van der Waals surface area (Å²) >= 11 is 0. The number of aromatic nitrogens is 1. The highest BCUT2D eigenvalue weighted by atomic mass is 16.5. The maximum atomic E-state index is 5.18. The fraction of sp³-hybridized carbons (Fsp3) is 0.706. The third kappa shape index (κ3) is 3.95. The van der Waals surface area contributed by atoms with Crippen LogP contribution in [-0.2, 0) is 6.54 Å². The minimum absolute atomic E-state index is 0.375. The molecular formula is C17H28N2O. The molecule has 112 valence electrons. The van der Waals surface area contributed by atoms with E-state index < -0.39 is 0 Å². The van der Waals surface area contributed by atoms with Crippen LogP contribution in [0.15, 0.2) is 18.2 Å². The average Bonchev–Trinajstić information content (AvgIpc) is 2.44. The van der Waals surface area contributed by atoms with Crippen LogP contribution in [-0.4, -0.2) is 18.1 Å². The molecule has 3 nitrogen and oxygen atoms in total. The highest BCUT2D eigenvalue weighted by Crippen LogP contribution is 2.38. The topological polar surface area (TPSA) is 34.1 Å². The van der Waals surface area contributed by atoms with Gasteiger partial charge in [-0.2, -0.15) is 0 Å². The van der Waals surface area contributed by atoms with Gasteiger partial charge in [0.05, 0.1) is 12.8 Å². The second kappa shape index (κ2) is 6.57. The molecule has 2 atom stereocenters. The van der Waals surface area contributed by atoms with E-state index >= 15 is 0 Å². The van der Waals surface area contributed by atoms with Gasteiger partial charge in [0.25, 0.3) is 0 Å². The van der Waals surface area contributed by atoms with E-state index in [4.69, 9.17) is 4.74 Å². The number of hydrogen-bond acceptors (Lipinski definition) is 3. The Morgan fingerprint density at radius 3 is 2.70 bits per heavy atom. The molecule has 0 aliphatic heterocycles. The molecule has 0 saturated heterocycles. The maximum absolute atomic E-state index is 5.18. The van der Waals surface area contributed by atoms with Crippen LogP contribution < -0.4 is 10.1 Å². The third-order valence-corrected chi connectivity index (χ3v) is 4.41. The zero-order valence-electron chi connectivity index (χ0n) is 13.3. The van der Waals surface area contributed by atoms with E-state index in [0.717, 1.165) is 18.2 Å². The number of nitrogens with zero attached hydrogens (tertiary/aromatic N) is 1. The van der Waals surface area contributed by atoms with Crippen molar-refractivity contribution in [3.05, 3.63) is 23.9 Å². The van der Waals surface area contributed by atoms with Gasteiger partial charge in [0.2, 0.25) is 5.88 Å². The summed E-state index contributed by atoms with van der Waals surface area (Å²) in [5.41, 5.74) is 1.43. The van der Waals surface area contributed by atoms with E-state index in [0.29, 0.717) is 17.3 Å². The van der Waals surface area contributed by atoms with Crippen LogP contribution in [0.25, 0.3) is 0 Å². The van der Waals surface area contributed by atoms with Gasteiger partial charge >= 0.3 is 0 Å². The number of ether oxygens (including phenoxy) is 1. The van der Waals surface area contributed by atoms with Gasteiger partial charge in [-0.3, -0.25) is 0 Å². The van der Waals surface area contributed by atoms with Crippen molar-refractivity contribution in [1.29, 1.82) is 0 Å². The summed E-state index contributed by atoms with van der Waals surface area (Å²) in [6, 6.07) is 6.56. The van der Waals surface area contributed by atoms with Crippen LogP contribution in [0.1, 0.15) is 52.1 Å². The van der Waals surface area contributed by atoms with Crippen molar-refractivity contribution in [3.63, 3.8) is 0 Å². The number of hydrogen-bond donors (Lipinski definition) is 1. The smallest absolute Gasteiger partial charge is 0.213 e. The highest BCUT2D eigenvalue weighted by molar-refractivity contribution is 5.15. The molecule has 1 N–H and O–H groups in total. The van der Waals surface area contributed by atoms with Crippen LogP contribution >= 0.6 is 0 Å². The molecule has 1 aromatic heterocycles. The molecule has 0 bridgehead atoms. The third-order valence-electron chi connectivity index (χ3n) is 4.41. The van der Waals surface area contributed by atoms with Crippen molar-refractivity contribution < 1.29 is 4.74 Å². The first-order chi connectivity index (χ1) is 9.50. The molecular weight excluding hydrogens is 248 g/mol. The Kier molecular flexibility index (Phi) is 5.03. The predicted octanol–water partition coefficient (Wildman–Crippen LogP) is 3.78. The van der Waals surface area contributed by atoms with Gasteiger partial charge in [-0.1, -0.05) is 39.7 Å². The molecule has 0 spiro atoms. The Morgan fingerprint density at radius 2 is 2.00 bits per heavy atom. The van der Waals surface area contributed by atoms with Crippen LogP contribution in [0.3, 0.4) is 0 Å². The highest BCUT2D eigenvalue weighted by Gasteiger charge is 2.33. The molecule has 1 aromatic rings. The lowest BCUT2D eigenvalue weighted by molar-refractivity contribution is 0.130. The minimum atomic E-state index is 0.375. The summed E-state index contributed by atoms with van der Waals surface area (Å²) in [4.78, 5) is 4.48. The molecule has 0 radical (unpaired) electrons. The van der Waals surface area contributed by atoms with Crippen LogP contribution in [0.5, 0.6) is 5.88 Å². The van der Waals surface area contributed by atoms with Gasteiger partial charge in [0, 0.05) is 18.7 Å². The van der Waals surface area contributed by atoms with Crippen molar-refractivity contribution in [2.24, 2.45) is 11.3 Å². The lowest BCUT2D eigenvalue weighted by atomic mass is 9.69. The van der Waals surface area contributed by atoms with Gasteiger partial charge in [0.1, 0.15) is 0 Å². The van der Waals surface area contributed by atoms with Crippen molar-refractivity contribution in [2.45, 2.75) is 59.0 Å². The van der Waals surface area contributed by atoms with Crippen molar-refractivity contribution >= 4 is 0 Å². The molecule has 0 aromatic carbocycles. The predicted molar refractivity (Wildman–Crippen MR) is 82.8 cm³/mol. The van der Waals surface area contributed by atoms with E-state index in [2.05, 4.69) is 37.1 Å². The van der Waals surface area contributed by atoms with Crippen molar-refractivity contribution in [1.82, 2.24) is 10.3 Å². The summed E-state index contributed by atoms with van der Waals surface area (Å²) in [6.45, 7) is 7.92. The molecule has 1 aliphatic rings. The fourth-order valence-corrected chi connectivity index (χ4v) is 3.32. The summed E-state index contributed by atoms with van der Waals surface area (Å²) < 4.78 is 5.18. The SMILES string of the molecule is COc1cccc(CNC2CCCCC2C(C)(C)C)n1. The standard InChI is InChI=1S/C17H28N2O/c1-17(2,3)14-9-5-6-10-15(14)18-12-13-8-7-11-16(19-13)20-4/h7-8,11,14-15,18H,5-6,9-10,12H2,1-4H3. The van der Waals surface area contributed by atoms with Gasteiger partial charge in [0.15, 0.2) is 0 Å². The van der Waals surface area contributed by atoms with Crippen LogP contribution in [0.2, 0.25) is 0 Å². The Bertz CT molecular complexity index is 425. The van der Waals surface area contributed by atoms with Crippen molar-refractivity contribution in [2.75, 3.05) is 7.11 Å². The first-order valence-corrected chi connectivity index (χ1v) is 7.74. The number of nitrogens with one attached hydrogen (secondary N) is 1. The Hall–Kier alpha value is -1.09. The van der Waals surface area contributed by atoms with Crippen molar-refractivity contribution in [3.8, 4) is 5.88 Å². The van der Waals surface area contributed by atoms with Crippen LogP contribution in [0.4, 0.5) is 0 Å². The Balaban J connectivity index is 1.97. The van der Waals surface area contributed by atoms with E-state index in [1.807, 2.05) is 12.1 Å². The molecule has 1 heterocycles. The summed E-state index contributed by atoms with van der Waals surface area (Å²) in [5, 5.41) is 3.73. The van der Waals surface area contributed by atoms with E-state index in [1.165, 1.54) is 25.7 Å². The summed E-state index contributed by atoms with van der Waals surface area (Å²) in [6.07, 6.45) is 5.34. The fourth-order valence-electron chi connectivity index (χ4n) is 3.32. The van der Waals surface area contributed by atoms with E-state index in [-0.39, 0.29) is 0 Å². The van der Waals surface area contributed by atoms with Gasteiger partial charge < -0.3 is 10.1 Å². The lowest BCUT2D eigenvalue weighted by Crippen LogP contribution is -2.44. The molecule has 1 saturated carbocycles. The second-order valence-electron chi connectivity index (χ2n) is 6.92. The maximum Gasteiger partial charge on any atom is 0.213 e. The zero-order valence-corrected chi connectivity index (χ0v) is 13.3. The van der Waals surface area contributed by atoms with E-state index in [1.54, 1.807) is 7.11 Å². The first kappa shape index (κ1) is 15.3. The number of rotatable bonds is 4. The van der Waals surface area contributed by atoms with E-state index in [9.17, 15) is 0 Å². The van der Waals surface area contributed by atoms with Gasteiger partial charge in [-0.15, -0.1) is 0 Å². The average molecular weight is 276 g/mol. The monoisotopic (exact) mass is 276 g/mol. The number of methoxy groups -OCH3 is 1. The quantitative estimate of drug-likeness (QED) is 0.908. The van der Waals surface area contributed by atoms with Gasteiger partial charge in [-0.25, -0.2) is 4.98 Å². The Morgan fingerprint density at radius 1 is 1.25 bits per heavy atom. The number of pyridine rings is 1. The minimum Gasteiger partial charge on any atom is -0.481 e. The Labute approximate surface area is 123 Å². The molecule has 2 rings (SSSR count). The lowest BCUT2D eigenvalue weighted by Gasteiger charge is -2.41. The molecule has 20 heavy (non-hydrogen) atoms. The molecule has 2 unspecified atom stereocenters. The molecule has 3 heteroatoms. The largest absolute Gasteiger partial charge is 0.481 e. The summed E-state index contributed by atoms with van der Waals surface area (Å²) in [5.74, 6) is 1.45. The molecule has 1 aliphatic carbocycles. The second-order valence-corrected chi connectivity index (χ2v) is 6.92.